The van der Waals surface area contributed by atoms with Crippen molar-refractivity contribution in [3.8, 4) is 17.2 Å². The molecule has 0 atom stereocenters. The average Bonchev–Trinajstić information content (AvgIpc) is 2.57. The van der Waals surface area contributed by atoms with E-state index >= 15 is 0 Å². The molecule has 0 N–H and O–H groups in total. The molecule has 2 aromatic rings. The molecular weight excluding hydrogens is 339 g/mol. The zero-order valence-corrected chi connectivity index (χ0v) is 13.7. The van der Waals surface area contributed by atoms with Gasteiger partial charge in [-0.3, -0.25) is 4.79 Å². The van der Waals surface area contributed by atoms with E-state index in [9.17, 15) is 14.0 Å². The summed E-state index contributed by atoms with van der Waals surface area (Å²) in [5, 5.41) is -0.0567. The van der Waals surface area contributed by atoms with Crippen LogP contribution in [0.15, 0.2) is 36.4 Å². The average molecular weight is 353 g/mol. The molecule has 0 unspecified atom stereocenters. The molecule has 24 heavy (non-hydrogen) atoms. The Hall–Kier alpha value is -2.60. The topological polar surface area (TPSA) is 61.8 Å². The van der Waals surface area contributed by atoms with Crippen molar-refractivity contribution in [3.63, 3.8) is 0 Å². The quantitative estimate of drug-likeness (QED) is 0.446. The molecular formula is C17H14ClFO5. The van der Waals surface area contributed by atoms with Crippen LogP contribution in [0.25, 0.3) is 0 Å². The van der Waals surface area contributed by atoms with Crippen LogP contribution in [-0.4, -0.2) is 25.5 Å². The highest BCUT2D eigenvalue weighted by atomic mass is 35.5. The molecule has 0 spiro atoms. The predicted octanol–water partition coefficient (Wildman–Crippen LogP) is 4.03. The fourth-order valence-electron chi connectivity index (χ4n) is 1.91. The Morgan fingerprint density at radius 3 is 2.42 bits per heavy atom. The first-order chi connectivity index (χ1) is 11.5. The van der Waals surface area contributed by atoms with E-state index in [1.165, 1.54) is 7.11 Å². The zero-order valence-electron chi connectivity index (χ0n) is 13.0. The number of hydrogen-bond donors (Lipinski definition) is 0. The minimum atomic E-state index is -1.15. The lowest BCUT2D eigenvalue weighted by Gasteiger charge is -2.12. The van der Waals surface area contributed by atoms with Crippen molar-refractivity contribution in [2.45, 2.75) is 6.92 Å². The Bertz CT molecular complexity index is 776. The Morgan fingerprint density at radius 2 is 1.79 bits per heavy atom. The normalized spacial score (nSPS) is 10.2. The fourth-order valence-corrected chi connectivity index (χ4v) is 2.10. The summed E-state index contributed by atoms with van der Waals surface area (Å²) in [4.78, 5) is 23.5. The number of Topliss-reactive ketones (excluding diaryl/α,β-unsaturated/α-hetero) is 1. The Kier molecular flexibility index (Phi) is 5.76. The van der Waals surface area contributed by atoms with Gasteiger partial charge in [-0.2, -0.15) is 0 Å². The largest absolute Gasteiger partial charge is 0.493 e. The molecule has 0 bridgehead atoms. The van der Waals surface area contributed by atoms with Gasteiger partial charge in [0.15, 0.2) is 11.5 Å². The van der Waals surface area contributed by atoms with Crippen molar-refractivity contribution in [1.29, 1.82) is 0 Å². The summed E-state index contributed by atoms with van der Waals surface area (Å²) in [6, 6.07) is 8.69. The molecule has 2 rings (SSSR count). The molecule has 0 aliphatic carbocycles. The molecule has 0 aliphatic rings. The molecule has 0 heterocycles. The van der Waals surface area contributed by atoms with E-state index in [0.717, 1.165) is 12.1 Å². The van der Waals surface area contributed by atoms with E-state index in [1.807, 2.05) is 0 Å². The summed E-state index contributed by atoms with van der Waals surface area (Å²) >= 11 is 5.96. The Balaban J connectivity index is 2.39. The molecule has 5 nitrogen and oxygen atoms in total. The maximum absolute atomic E-state index is 14.0. The first kappa shape index (κ1) is 17.7. The standard InChI is InChI=1S/C17H14ClFO5/c1-3-23-17(21)16(20)10-8-15(11(18)9-12(10)19)24-14-7-5-4-6-13(14)22-2/h4-9H,3H2,1-2H3. The lowest BCUT2D eigenvalue weighted by molar-refractivity contribution is -0.137. The molecule has 0 saturated heterocycles. The van der Waals surface area contributed by atoms with Gasteiger partial charge >= 0.3 is 5.97 Å². The third kappa shape index (κ3) is 3.83. The van der Waals surface area contributed by atoms with Gasteiger partial charge in [-0.1, -0.05) is 23.7 Å². The van der Waals surface area contributed by atoms with E-state index in [-0.39, 0.29) is 17.4 Å². The lowest BCUT2D eigenvalue weighted by Crippen LogP contribution is -2.18. The highest BCUT2D eigenvalue weighted by molar-refractivity contribution is 6.41. The van der Waals surface area contributed by atoms with Gasteiger partial charge in [0.25, 0.3) is 5.78 Å². The van der Waals surface area contributed by atoms with Crippen LogP contribution in [0.3, 0.4) is 0 Å². The summed E-state index contributed by atoms with van der Waals surface area (Å²) in [5.41, 5.74) is -0.484. The summed E-state index contributed by atoms with van der Waals surface area (Å²) in [6.07, 6.45) is 0. The zero-order chi connectivity index (χ0) is 17.7. The highest BCUT2D eigenvalue weighted by Crippen LogP contribution is 2.36. The van der Waals surface area contributed by atoms with Crippen molar-refractivity contribution in [1.82, 2.24) is 0 Å². The monoisotopic (exact) mass is 352 g/mol. The summed E-state index contributed by atoms with van der Waals surface area (Å²) in [5.74, 6) is -2.45. The predicted molar refractivity (Wildman–Crippen MR) is 85.4 cm³/mol. The second-order valence-electron chi connectivity index (χ2n) is 4.56. The third-order valence-corrected chi connectivity index (χ3v) is 3.31. The van der Waals surface area contributed by atoms with E-state index in [2.05, 4.69) is 4.74 Å². The fraction of sp³-hybridized carbons (Fsp3) is 0.176. The van der Waals surface area contributed by atoms with Crippen LogP contribution in [0.1, 0.15) is 17.3 Å². The van der Waals surface area contributed by atoms with Crippen LogP contribution in [0.4, 0.5) is 4.39 Å². The number of ether oxygens (including phenoxy) is 3. The Labute approximate surface area is 142 Å². The van der Waals surface area contributed by atoms with Gasteiger partial charge in [0, 0.05) is 0 Å². The number of benzene rings is 2. The molecule has 7 heteroatoms. The SMILES string of the molecule is CCOC(=O)C(=O)c1cc(Oc2ccccc2OC)c(Cl)cc1F. The number of para-hydroxylation sites is 2. The molecule has 0 fully saturated rings. The maximum Gasteiger partial charge on any atom is 0.379 e. The van der Waals surface area contributed by atoms with E-state index in [0.29, 0.717) is 11.5 Å². The highest BCUT2D eigenvalue weighted by Gasteiger charge is 2.24. The number of carbonyl (C=O) groups is 2. The van der Waals surface area contributed by atoms with Crippen LogP contribution in [-0.2, 0) is 9.53 Å². The second-order valence-corrected chi connectivity index (χ2v) is 4.97. The van der Waals surface area contributed by atoms with Gasteiger partial charge in [-0.15, -0.1) is 0 Å². The Morgan fingerprint density at radius 1 is 1.12 bits per heavy atom. The van der Waals surface area contributed by atoms with Crippen molar-refractivity contribution in [2.24, 2.45) is 0 Å². The molecule has 2 aromatic carbocycles. The van der Waals surface area contributed by atoms with Crippen LogP contribution in [0.5, 0.6) is 17.2 Å². The van der Waals surface area contributed by atoms with E-state index in [4.69, 9.17) is 21.1 Å². The van der Waals surface area contributed by atoms with Crippen molar-refractivity contribution >= 4 is 23.4 Å². The minimum absolute atomic E-state index is 0.00432. The van der Waals surface area contributed by atoms with Crippen LogP contribution in [0.2, 0.25) is 5.02 Å². The van der Waals surface area contributed by atoms with Crippen molar-refractivity contribution in [3.05, 3.63) is 52.8 Å². The van der Waals surface area contributed by atoms with Gasteiger partial charge in [0.05, 0.1) is 24.3 Å². The van der Waals surface area contributed by atoms with E-state index < -0.39 is 23.1 Å². The number of ketones is 1. The number of hydrogen-bond acceptors (Lipinski definition) is 5. The maximum atomic E-state index is 14.0. The molecule has 0 amide bonds. The summed E-state index contributed by atoms with van der Waals surface area (Å²) in [6.45, 7) is 1.55. The van der Waals surface area contributed by atoms with Gasteiger partial charge in [0.1, 0.15) is 11.6 Å². The molecule has 0 saturated carbocycles. The van der Waals surface area contributed by atoms with E-state index in [1.54, 1.807) is 31.2 Å². The summed E-state index contributed by atoms with van der Waals surface area (Å²) in [7, 11) is 1.46. The molecule has 126 valence electrons. The first-order valence-electron chi connectivity index (χ1n) is 6.99. The molecule has 0 aliphatic heterocycles. The number of methoxy groups -OCH3 is 1. The smallest absolute Gasteiger partial charge is 0.379 e. The van der Waals surface area contributed by atoms with Crippen molar-refractivity contribution in [2.75, 3.05) is 13.7 Å². The van der Waals surface area contributed by atoms with Gasteiger partial charge < -0.3 is 14.2 Å². The van der Waals surface area contributed by atoms with Crippen molar-refractivity contribution < 1.29 is 28.2 Å². The number of esters is 1. The minimum Gasteiger partial charge on any atom is -0.493 e. The van der Waals surface area contributed by atoms with Gasteiger partial charge in [-0.05, 0) is 31.2 Å². The molecule has 0 aromatic heterocycles. The van der Waals surface area contributed by atoms with Crippen LogP contribution >= 0.6 is 11.6 Å². The second kappa shape index (κ2) is 7.79. The van der Waals surface area contributed by atoms with Crippen LogP contribution < -0.4 is 9.47 Å². The number of rotatable bonds is 6. The molecule has 0 radical (unpaired) electrons. The first-order valence-corrected chi connectivity index (χ1v) is 7.37. The number of carbonyl (C=O) groups excluding carboxylic acids is 2. The van der Waals surface area contributed by atoms with Gasteiger partial charge in [0.2, 0.25) is 0 Å². The lowest BCUT2D eigenvalue weighted by atomic mass is 10.1. The van der Waals surface area contributed by atoms with Gasteiger partial charge in [-0.25, -0.2) is 9.18 Å². The summed E-state index contributed by atoms with van der Waals surface area (Å²) < 4.78 is 29.3. The third-order valence-electron chi connectivity index (χ3n) is 3.02. The number of halogens is 2. The van der Waals surface area contributed by atoms with Crippen LogP contribution in [0, 0.1) is 5.82 Å².